The lowest BCUT2D eigenvalue weighted by atomic mass is 10.4. The van der Waals surface area contributed by atoms with Crippen LogP contribution in [-0.2, 0) is 4.74 Å². The SMILES string of the molecule is C1=C2S[N]N=C2CO1. The molecule has 0 spiro atoms. The molecule has 0 aromatic rings. The summed E-state index contributed by atoms with van der Waals surface area (Å²) in [7, 11) is 0. The minimum atomic E-state index is 0.603. The maximum atomic E-state index is 4.94. The largest absolute Gasteiger partial charge is 0.493 e. The summed E-state index contributed by atoms with van der Waals surface area (Å²) in [6.45, 7) is 0.603. The highest BCUT2D eigenvalue weighted by molar-refractivity contribution is 8.02. The zero-order valence-electron chi connectivity index (χ0n) is 4.00. The van der Waals surface area contributed by atoms with E-state index in [1.165, 1.54) is 11.9 Å². The van der Waals surface area contributed by atoms with Crippen LogP contribution in [0, 0.1) is 0 Å². The van der Waals surface area contributed by atoms with Gasteiger partial charge in [-0.05, 0) is 0 Å². The molecule has 2 aliphatic rings. The Morgan fingerprint density at radius 2 is 2.75 bits per heavy atom. The fourth-order valence-corrected chi connectivity index (χ4v) is 1.15. The number of ether oxygens (including phenoxy) is 1. The molecular weight excluding hydrogens is 124 g/mol. The highest BCUT2D eigenvalue weighted by atomic mass is 32.2. The van der Waals surface area contributed by atoms with E-state index in [9.17, 15) is 0 Å². The molecule has 3 nitrogen and oxygen atoms in total. The minimum Gasteiger partial charge on any atom is -0.493 e. The van der Waals surface area contributed by atoms with E-state index in [1.54, 1.807) is 6.26 Å². The molecular formula is C4H3N2OS. The van der Waals surface area contributed by atoms with Gasteiger partial charge in [0.25, 0.3) is 0 Å². The standard InChI is InChI=1S/C4H3N2OS/c1-3-4(2-7-1)8-6-5-3/h2H,1H2. The molecule has 2 rings (SSSR count). The average molecular weight is 127 g/mol. The molecule has 8 heavy (non-hydrogen) atoms. The molecule has 0 saturated carbocycles. The lowest BCUT2D eigenvalue weighted by molar-refractivity contribution is 0.315. The summed E-state index contributed by atoms with van der Waals surface area (Å²) in [6, 6.07) is 0. The number of nitrogens with zero attached hydrogens (tertiary/aromatic N) is 2. The Labute approximate surface area is 50.9 Å². The number of hydrogen-bond donors (Lipinski definition) is 0. The lowest BCUT2D eigenvalue weighted by Gasteiger charge is -1.83. The van der Waals surface area contributed by atoms with Crippen LogP contribution in [0.5, 0.6) is 0 Å². The number of rotatable bonds is 0. The molecule has 0 N–H and O–H groups in total. The Kier molecular flexibility index (Phi) is 0.754. The molecule has 0 atom stereocenters. The van der Waals surface area contributed by atoms with Gasteiger partial charge in [0.2, 0.25) is 0 Å². The van der Waals surface area contributed by atoms with Gasteiger partial charge in [0.15, 0.2) is 0 Å². The quantitative estimate of drug-likeness (QED) is 0.444. The molecule has 1 radical (unpaired) electrons. The highest BCUT2D eigenvalue weighted by Gasteiger charge is 2.21. The molecule has 2 heterocycles. The first-order valence-electron chi connectivity index (χ1n) is 2.23. The molecule has 0 saturated heterocycles. The molecule has 0 bridgehead atoms. The van der Waals surface area contributed by atoms with Crippen LogP contribution in [0.1, 0.15) is 0 Å². The van der Waals surface area contributed by atoms with E-state index in [2.05, 4.69) is 9.93 Å². The van der Waals surface area contributed by atoms with Gasteiger partial charge in [0.1, 0.15) is 18.6 Å². The third-order valence-corrected chi connectivity index (χ3v) is 1.69. The van der Waals surface area contributed by atoms with Gasteiger partial charge in [-0.25, -0.2) is 0 Å². The zero-order chi connectivity index (χ0) is 5.40. The van der Waals surface area contributed by atoms with E-state index in [4.69, 9.17) is 4.74 Å². The summed E-state index contributed by atoms with van der Waals surface area (Å²) in [5.41, 5.74) is 0.968. The van der Waals surface area contributed by atoms with E-state index in [0.29, 0.717) is 6.61 Å². The van der Waals surface area contributed by atoms with Crippen LogP contribution in [-0.4, -0.2) is 12.3 Å². The fourth-order valence-electron chi connectivity index (χ4n) is 0.601. The third-order valence-electron chi connectivity index (χ3n) is 0.996. The van der Waals surface area contributed by atoms with E-state index < -0.39 is 0 Å². The van der Waals surface area contributed by atoms with Gasteiger partial charge in [-0.3, -0.25) is 0 Å². The van der Waals surface area contributed by atoms with E-state index in [0.717, 1.165) is 10.6 Å². The van der Waals surface area contributed by atoms with Crippen molar-refractivity contribution in [3.63, 3.8) is 0 Å². The minimum absolute atomic E-state index is 0.603. The van der Waals surface area contributed by atoms with Crippen LogP contribution in [0.4, 0.5) is 0 Å². The summed E-state index contributed by atoms with van der Waals surface area (Å²) in [5.74, 6) is 0. The van der Waals surface area contributed by atoms with Crippen molar-refractivity contribution in [1.82, 2.24) is 4.83 Å². The van der Waals surface area contributed by atoms with Crippen molar-refractivity contribution < 1.29 is 4.74 Å². The topological polar surface area (TPSA) is 35.7 Å². The molecule has 0 fully saturated rings. The molecule has 0 aliphatic carbocycles. The van der Waals surface area contributed by atoms with Gasteiger partial charge in [-0.1, -0.05) is 0 Å². The third kappa shape index (κ3) is 0.432. The second-order valence-corrected chi connectivity index (χ2v) is 2.30. The van der Waals surface area contributed by atoms with Gasteiger partial charge in [0, 0.05) is 11.9 Å². The van der Waals surface area contributed by atoms with Crippen LogP contribution in [0.2, 0.25) is 0 Å². The normalized spacial score (nSPS) is 23.0. The van der Waals surface area contributed by atoms with Gasteiger partial charge in [-0.2, -0.15) is 0 Å². The second kappa shape index (κ2) is 1.42. The fraction of sp³-hybridized carbons (Fsp3) is 0.250. The molecule has 41 valence electrons. The Balaban J connectivity index is 2.37. The van der Waals surface area contributed by atoms with Crippen molar-refractivity contribution in [3.8, 4) is 0 Å². The van der Waals surface area contributed by atoms with Crippen molar-refractivity contribution in [2.75, 3.05) is 6.61 Å². The highest BCUT2D eigenvalue weighted by Crippen LogP contribution is 2.25. The summed E-state index contributed by atoms with van der Waals surface area (Å²) < 4.78 is 4.94. The Morgan fingerprint density at radius 3 is 3.62 bits per heavy atom. The summed E-state index contributed by atoms with van der Waals surface area (Å²) in [4.78, 5) is 4.78. The Bertz CT molecular complexity index is 155. The summed E-state index contributed by atoms with van der Waals surface area (Å²) in [5, 5.41) is 3.81. The smallest absolute Gasteiger partial charge is 0.133 e. The molecule has 0 aromatic heterocycles. The lowest BCUT2D eigenvalue weighted by Crippen LogP contribution is -1.95. The van der Waals surface area contributed by atoms with Crippen molar-refractivity contribution in [1.29, 1.82) is 0 Å². The second-order valence-electron chi connectivity index (χ2n) is 1.51. The predicted octanol–water partition coefficient (Wildman–Crippen LogP) is 0.480. The van der Waals surface area contributed by atoms with Gasteiger partial charge in [0.05, 0.1) is 4.91 Å². The first-order chi connectivity index (χ1) is 3.97. The number of fused-ring (bicyclic) bond motifs is 1. The van der Waals surface area contributed by atoms with Gasteiger partial charge < -0.3 is 4.74 Å². The first-order valence-corrected chi connectivity index (χ1v) is 3.00. The molecule has 2 aliphatic heterocycles. The summed E-state index contributed by atoms with van der Waals surface area (Å²) >= 11 is 1.37. The van der Waals surface area contributed by atoms with Crippen molar-refractivity contribution >= 4 is 17.7 Å². The van der Waals surface area contributed by atoms with Gasteiger partial charge >= 0.3 is 0 Å². The van der Waals surface area contributed by atoms with Gasteiger partial charge in [-0.15, -0.1) is 9.93 Å². The maximum absolute atomic E-state index is 4.94. The van der Waals surface area contributed by atoms with E-state index in [-0.39, 0.29) is 0 Å². The molecule has 0 unspecified atom stereocenters. The van der Waals surface area contributed by atoms with Crippen LogP contribution in [0.25, 0.3) is 0 Å². The van der Waals surface area contributed by atoms with E-state index >= 15 is 0 Å². The van der Waals surface area contributed by atoms with Crippen LogP contribution in [0.3, 0.4) is 0 Å². The Hall–Kier alpha value is -0.640. The molecule has 0 amide bonds. The molecule has 4 heteroatoms. The monoisotopic (exact) mass is 127 g/mol. The first kappa shape index (κ1) is 4.26. The van der Waals surface area contributed by atoms with E-state index in [1.807, 2.05) is 0 Å². The molecule has 0 aromatic carbocycles. The zero-order valence-corrected chi connectivity index (χ0v) is 4.81. The van der Waals surface area contributed by atoms with Crippen molar-refractivity contribution in [2.24, 2.45) is 5.10 Å². The number of hydrogen-bond acceptors (Lipinski definition) is 3. The van der Waals surface area contributed by atoms with Crippen LogP contribution in [0.15, 0.2) is 16.3 Å². The Morgan fingerprint density at radius 1 is 1.75 bits per heavy atom. The van der Waals surface area contributed by atoms with Crippen molar-refractivity contribution in [3.05, 3.63) is 11.2 Å². The van der Waals surface area contributed by atoms with Crippen LogP contribution < -0.4 is 4.83 Å². The predicted molar refractivity (Wildman–Crippen MR) is 31.2 cm³/mol. The van der Waals surface area contributed by atoms with Crippen LogP contribution >= 0.6 is 11.9 Å². The van der Waals surface area contributed by atoms with Crippen molar-refractivity contribution in [2.45, 2.75) is 0 Å². The average Bonchev–Trinajstić information content (AvgIpc) is 2.15. The maximum Gasteiger partial charge on any atom is 0.133 e. The summed E-state index contributed by atoms with van der Waals surface area (Å²) in [6.07, 6.45) is 1.69.